The Balaban J connectivity index is 2.99. The summed E-state index contributed by atoms with van der Waals surface area (Å²) in [5, 5.41) is 0. The number of hydrogen-bond acceptors (Lipinski definition) is 1. The Kier molecular flexibility index (Phi) is 2.98. The summed E-state index contributed by atoms with van der Waals surface area (Å²) in [6.07, 6.45) is 0.301. The Labute approximate surface area is 76.6 Å². The highest BCUT2D eigenvalue weighted by atomic mass is 19.1. The molecule has 0 saturated heterocycles. The molecule has 3 heteroatoms. The summed E-state index contributed by atoms with van der Waals surface area (Å²) in [6.45, 7) is 1.64. The molecule has 0 aromatic heterocycles. The lowest BCUT2D eigenvalue weighted by Gasteiger charge is -2.22. The van der Waals surface area contributed by atoms with Crippen LogP contribution in [0.4, 0.5) is 8.78 Å². The smallest absolute Gasteiger partial charge is 0.147 e. The molecule has 0 saturated carbocycles. The molecular formula is C10H13F2N. The fraction of sp³-hybridized carbons (Fsp3) is 0.400. The van der Waals surface area contributed by atoms with Gasteiger partial charge in [0.2, 0.25) is 0 Å². The van der Waals surface area contributed by atoms with E-state index in [1.807, 2.05) is 0 Å². The summed E-state index contributed by atoms with van der Waals surface area (Å²) in [4.78, 5) is 0. The van der Waals surface area contributed by atoms with Gasteiger partial charge in [-0.05, 0) is 24.1 Å². The molecule has 1 aromatic rings. The maximum absolute atomic E-state index is 13.9. The number of nitrogens with two attached hydrogens (primary N) is 1. The number of rotatable bonds is 3. The first-order chi connectivity index (χ1) is 6.12. The van der Waals surface area contributed by atoms with Gasteiger partial charge >= 0.3 is 0 Å². The third kappa shape index (κ3) is 2.04. The minimum absolute atomic E-state index is 0.0743. The minimum Gasteiger partial charge on any atom is -0.327 e. The summed E-state index contributed by atoms with van der Waals surface area (Å²) in [6, 6.07) is 5.36. The fourth-order valence-corrected chi connectivity index (χ4v) is 1.21. The Morgan fingerprint density at radius 2 is 1.85 bits per heavy atom. The van der Waals surface area contributed by atoms with E-state index in [2.05, 4.69) is 0 Å². The van der Waals surface area contributed by atoms with Crippen LogP contribution in [0.1, 0.15) is 18.9 Å². The molecule has 0 amide bonds. The van der Waals surface area contributed by atoms with Gasteiger partial charge in [-0.2, -0.15) is 0 Å². The van der Waals surface area contributed by atoms with Crippen LogP contribution in [0.25, 0.3) is 0 Å². The van der Waals surface area contributed by atoms with E-state index in [1.54, 1.807) is 6.92 Å². The molecule has 1 rings (SSSR count). The van der Waals surface area contributed by atoms with Gasteiger partial charge in [0.25, 0.3) is 0 Å². The van der Waals surface area contributed by atoms with Crippen LogP contribution in [0.3, 0.4) is 0 Å². The zero-order valence-electron chi connectivity index (χ0n) is 7.56. The molecule has 0 fully saturated rings. The topological polar surface area (TPSA) is 26.0 Å². The van der Waals surface area contributed by atoms with Crippen molar-refractivity contribution in [2.75, 3.05) is 6.54 Å². The van der Waals surface area contributed by atoms with Gasteiger partial charge in [-0.25, -0.2) is 8.78 Å². The van der Waals surface area contributed by atoms with Crippen molar-refractivity contribution in [1.29, 1.82) is 0 Å². The molecular weight excluding hydrogens is 172 g/mol. The van der Waals surface area contributed by atoms with Crippen LogP contribution in [0.5, 0.6) is 0 Å². The van der Waals surface area contributed by atoms with Gasteiger partial charge in [-0.3, -0.25) is 0 Å². The van der Waals surface area contributed by atoms with Gasteiger partial charge in [-0.15, -0.1) is 0 Å². The van der Waals surface area contributed by atoms with E-state index < -0.39 is 5.67 Å². The van der Waals surface area contributed by atoms with Crippen LogP contribution in [-0.2, 0) is 5.67 Å². The van der Waals surface area contributed by atoms with Gasteiger partial charge in [-0.1, -0.05) is 19.1 Å². The van der Waals surface area contributed by atoms with E-state index >= 15 is 0 Å². The molecule has 1 atom stereocenters. The summed E-state index contributed by atoms with van der Waals surface area (Å²) in [7, 11) is 0. The molecule has 0 unspecified atom stereocenters. The third-order valence-corrected chi connectivity index (χ3v) is 2.25. The maximum Gasteiger partial charge on any atom is 0.147 e. The highest BCUT2D eigenvalue weighted by Gasteiger charge is 2.27. The zero-order chi connectivity index (χ0) is 9.90. The van der Waals surface area contributed by atoms with Crippen LogP contribution < -0.4 is 5.73 Å². The van der Waals surface area contributed by atoms with Gasteiger partial charge in [0, 0.05) is 6.54 Å². The van der Waals surface area contributed by atoms with Crippen LogP contribution in [0.15, 0.2) is 24.3 Å². The van der Waals surface area contributed by atoms with E-state index in [9.17, 15) is 8.78 Å². The highest BCUT2D eigenvalue weighted by Crippen LogP contribution is 2.28. The molecule has 2 N–H and O–H groups in total. The summed E-state index contributed by atoms with van der Waals surface area (Å²) in [5.74, 6) is -0.362. The van der Waals surface area contributed by atoms with E-state index in [0.29, 0.717) is 12.0 Å². The standard InChI is InChI=1S/C10H13F2N/c1-2-10(12,7-13)8-3-5-9(11)6-4-8/h3-6H,2,7,13H2,1H3/t10-/m0/s1. The van der Waals surface area contributed by atoms with Crippen LogP contribution in [-0.4, -0.2) is 6.54 Å². The first-order valence-corrected chi connectivity index (χ1v) is 4.27. The van der Waals surface area contributed by atoms with Crippen molar-refractivity contribution in [2.45, 2.75) is 19.0 Å². The van der Waals surface area contributed by atoms with Crippen molar-refractivity contribution in [2.24, 2.45) is 5.73 Å². The molecule has 0 aliphatic carbocycles. The van der Waals surface area contributed by atoms with E-state index in [0.717, 1.165) is 0 Å². The Hall–Kier alpha value is -0.960. The molecule has 0 bridgehead atoms. The van der Waals surface area contributed by atoms with Crippen LogP contribution in [0.2, 0.25) is 0 Å². The highest BCUT2D eigenvalue weighted by molar-refractivity contribution is 5.23. The average molecular weight is 185 g/mol. The van der Waals surface area contributed by atoms with Crippen molar-refractivity contribution in [1.82, 2.24) is 0 Å². The maximum atomic E-state index is 13.9. The van der Waals surface area contributed by atoms with Crippen molar-refractivity contribution >= 4 is 0 Å². The molecule has 0 heterocycles. The molecule has 0 aliphatic rings. The molecule has 0 spiro atoms. The second kappa shape index (κ2) is 3.83. The molecule has 0 aliphatic heterocycles. The molecule has 13 heavy (non-hydrogen) atoms. The molecule has 0 radical (unpaired) electrons. The lowest BCUT2D eigenvalue weighted by Crippen LogP contribution is -2.29. The van der Waals surface area contributed by atoms with Crippen molar-refractivity contribution in [3.63, 3.8) is 0 Å². The third-order valence-electron chi connectivity index (χ3n) is 2.25. The van der Waals surface area contributed by atoms with Crippen molar-refractivity contribution in [3.8, 4) is 0 Å². The Morgan fingerprint density at radius 3 is 2.23 bits per heavy atom. The number of benzene rings is 1. The first kappa shape index (κ1) is 10.1. The molecule has 72 valence electrons. The SMILES string of the molecule is CC[C@](F)(CN)c1ccc(F)cc1. The zero-order valence-corrected chi connectivity index (χ0v) is 7.56. The monoisotopic (exact) mass is 185 g/mol. The summed E-state index contributed by atoms with van der Waals surface area (Å²) < 4.78 is 26.4. The summed E-state index contributed by atoms with van der Waals surface area (Å²) >= 11 is 0. The minimum atomic E-state index is -1.52. The van der Waals surface area contributed by atoms with E-state index in [-0.39, 0.29) is 12.4 Å². The Morgan fingerprint density at radius 1 is 1.31 bits per heavy atom. The van der Waals surface area contributed by atoms with Gasteiger partial charge < -0.3 is 5.73 Å². The predicted molar refractivity (Wildman–Crippen MR) is 48.5 cm³/mol. The fourth-order valence-electron chi connectivity index (χ4n) is 1.21. The molecule has 1 nitrogen and oxygen atoms in total. The lowest BCUT2D eigenvalue weighted by atomic mass is 9.93. The average Bonchev–Trinajstić information content (AvgIpc) is 2.18. The van der Waals surface area contributed by atoms with Gasteiger partial charge in [0.05, 0.1) is 0 Å². The second-order valence-corrected chi connectivity index (χ2v) is 3.03. The van der Waals surface area contributed by atoms with Crippen molar-refractivity contribution < 1.29 is 8.78 Å². The number of hydrogen-bond donors (Lipinski definition) is 1. The number of halogens is 2. The van der Waals surface area contributed by atoms with Gasteiger partial charge in [0.1, 0.15) is 11.5 Å². The van der Waals surface area contributed by atoms with Crippen molar-refractivity contribution in [3.05, 3.63) is 35.6 Å². The van der Waals surface area contributed by atoms with E-state index in [1.165, 1.54) is 24.3 Å². The van der Waals surface area contributed by atoms with E-state index in [4.69, 9.17) is 5.73 Å². The normalized spacial score (nSPS) is 15.4. The van der Waals surface area contributed by atoms with Crippen LogP contribution >= 0.6 is 0 Å². The first-order valence-electron chi connectivity index (χ1n) is 4.27. The van der Waals surface area contributed by atoms with Crippen LogP contribution in [0, 0.1) is 5.82 Å². The largest absolute Gasteiger partial charge is 0.327 e. The Bertz CT molecular complexity index is 265. The quantitative estimate of drug-likeness (QED) is 0.768. The summed E-state index contributed by atoms with van der Waals surface area (Å²) in [5.41, 5.74) is 4.24. The molecule has 1 aromatic carbocycles. The van der Waals surface area contributed by atoms with Gasteiger partial charge in [0.15, 0.2) is 0 Å². The predicted octanol–water partition coefficient (Wildman–Crippen LogP) is 2.36. The number of alkyl halides is 1. The second-order valence-electron chi connectivity index (χ2n) is 3.03. The lowest BCUT2D eigenvalue weighted by molar-refractivity contribution is 0.169.